The highest BCUT2D eigenvalue weighted by molar-refractivity contribution is 5.96. The maximum atomic E-state index is 12.2. The van der Waals surface area contributed by atoms with Crippen molar-refractivity contribution in [3.8, 4) is 0 Å². The molecule has 112 valence electrons. The van der Waals surface area contributed by atoms with Gasteiger partial charge in [0.05, 0.1) is 13.0 Å². The number of carbonyl (C=O) groups excluding carboxylic acids is 1. The second-order valence-corrected chi connectivity index (χ2v) is 5.39. The third-order valence-electron chi connectivity index (χ3n) is 3.74. The van der Waals surface area contributed by atoms with Crippen LogP contribution >= 0.6 is 0 Å². The van der Waals surface area contributed by atoms with Crippen LogP contribution in [0.15, 0.2) is 48.7 Å². The van der Waals surface area contributed by atoms with Crippen molar-refractivity contribution in [1.29, 1.82) is 0 Å². The quantitative estimate of drug-likeness (QED) is 0.692. The number of rotatable bonds is 4. The topological polar surface area (TPSA) is 65.1 Å². The van der Waals surface area contributed by atoms with Crippen molar-refractivity contribution >= 4 is 22.5 Å². The van der Waals surface area contributed by atoms with Crippen LogP contribution in [0.5, 0.6) is 0 Å². The number of hydrogen-bond acceptors (Lipinski definition) is 2. The Morgan fingerprint density at radius 3 is 2.86 bits per heavy atom. The van der Waals surface area contributed by atoms with Crippen molar-refractivity contribution in [2.75, 3.05) is 5.32 Å². The molecular weight excluding hydrogens is 276 g/mol. The summed E-state index contributed by atoms with van der Waals surface area (Å²) in [4.78, 5) is 15.5. The number of aryl methyl sites for hydroxylation is 1. The zero-order valence-electron chi connectivity index (χ0n) is 12.4. The van der Waals surface area contributed by atoms with Gasteiger partial charge in [0.25, 0.3) is 0 Å². The van der Waals surface area contributed by atoms with Crippen LogP contribution in [-0.4, -0.2) is 16.0 Å². The molecule has 3 aromatic rings. The Kier molecular flexibility index (Phi) is 3.94. The smallest absolute Gasteiger partial charge is 0.228 e. The van der Waals surface area contributed by atoms with E-state index in [1.807, 2.05) is 49.5 Å². The van der Waals surface area contributed by atoms with E-state index in [0.717, 1.165) is 27.6 Å². The Balaban J connectivity index is 1.78. The fourth-order valence-corrected chi connectivity index (χ4v) is 2.72. The van der Waals surface area contributed by atoms with E-state index in [1.165, 1.54) is 0 Å². The van der Waals surface area contributed by atoms with Gasteiger partial charge in [-0.15, -0.1) is 0 Å². The SMILES string of the molecule is Cc1cccc2[nH]cc(CC(=O)Nc3cccc(CO)c3)c12. The molecule has 4 nitrogen and oxygen atoms in total. The number of aliphatic hydroxyl groups excluding tert-OH is 1. The first kappa shape index (κ1) is 14.4. The molecule has 0 aliphatic carbocycles. The molecule has 1 aromatic heterocycles. The van der Waals surface area contributed by atoms with Gasteiger partial charge < -0.3 is 15.4 Å². The molecule has 0 aliphatic rings. The van der Waals surface area contributed by atoms with Gasteiger partial charge in [-0.1, -0.05) is 24.3 Å². The summed E-state index contributed by atoms with van der Waals surface area (Å²) in [5.74, 6) is -0.0701. The van der Waals surface area contributed by atoms with E-state index in [9.17, 15) is 4.79 Å². The third kappa shape index (κ3) is 2.87. The maximum absolute atomic E-state index is 12.2. The number of fused-ring (bicyclic) bond motifs is 1. The number of anilines is 1. The summed E-state index contributed by atoms with van der Waals surface area (Å²) < 4.78 is 0. The second kappa shape index (κ2) is 6.03. The lowest BCUT2D eigenvalue weighted by atomic mass is 10.1. The zero-order valence-corrected chi connectivity index (χ0v) is 12.4. The highest BCUT2D eigenvalue weighted by Gasteiger charge is 2.10. The molecule has 1 heterocycles. The Hall–Kier alpha value is -2.59. The first-order valence-electron chi connectivity index (χ1n) is 7.22. The molecule has 0 aliphatic heterocycles. The summed E-state index contributed by atoms with van der Waals surface area (Å²) >= 11 is 0. The van der Waals surface area contributed by atoms with Gasteiger partial charge in [0, 0.05) is 22.8 Å². The monoisotopic (exact) mass is 294 g/mol. The van der Waals surface area contributed by atoms with Crippen LogP contribution in [0.25, 0.3) is 10.9 Å². The molecule has 2 aromatic carbocycles. The highest BCUT2D eigenvalue weighted by atomic mass is 16.3. The standard InChI is InChI=1S/C18H18N2O2/c1-12-4-2-7-16-18(12)14(10-19-16)9-17(22)20-15-6-3-5-13(8-15)11-21/h2-8,10,19,21H,9,11H2,1H3,(H,20,22). The summed E-state index contributed by atoms with van der Waals surface area (Å²) in [5, 5.41) is 13.1. The van der Waals surface area contributed by atoms with Crippen LogP contribution in [-0.2, 0) is 17.8 Å². The lowest BCUT2D eigenvalue weighted by Gasteiger charge is -2.07. The Morgan fingerprint density at radius 1 is 1.23 bits per heavy atom. The Morgan fingerprint density at radius 2 is 2.05 bits per heavy atom. The molecule has 1 amide bonds. The van der Waals surface area contributed by atoms with Crippen molar-refractivity contribution in [3.05, 3.63) is 65.4 Å². The van der Waals surface area contributed by atoms with Crippen LogP contribution in [0.2, 0.25) is 0 Å². The van der Waals surface area contributed by atoms with E-state index in [4.69, 9.17) is 5.11 Å². The van der Waals surface area contributed by atoms with E-state index in [2.05, 4.69) is 10.3 Å². The number of amides is 1. The van der Waals surface area contributed by atoms with Crippen LogP contribution < -0.4 is 5.32 Å². The molecule has 3 N–H and O–H groups in total. The van der Waals surface area contributed by atoms with Gasteiger partial charge in [-0.2, -0.15) is 0 Å². The van der Waals surface area contributed by atoms with Crippen molar-refractivity contribution in [2.45, 2.75) is 20.0 Å². The Labute approximate surface area is 128 Å². The first-order chi connectivity index (χ1) is 10.7. The Bertz CT molecular complexity index is 821. The average molecular weight is 294 g/mol. The number of aliphatic hydroxyl groups is 1. The summed E-state index contributed by atoms with van der Waals surface area (Å²) in [6.45, 7) is 2.01. The molecular formula is C18H18N2O2. The minimum absolute atomic E-state index is 0.0364. The summed E-state index contributed by atoms with van der Waals surface area (Å²) in [5.41, 5.74) is 4.67. The molecule has 0 saturated heterocycles. The minimum Gasteiger partial charge on any atom is -0.392 e. The number of nitrogens with one attached hydrogen (secondary N) is 2. The predicted molar refractivity (Wildman–Crippen MR) is 87.7 cm³/mol. The van der Waals surface area contributed by atoms with E-state index in [-0.39, 0.29) is 12.5 Å². The van der Waals surface area contributed by atoms with Crippen LogP contribution in [0, 0.1) is 6.92 Å². The van der Waals surface area contributed by atoms with Gasteiger partial charge in [-0.3, -0.25) is 4.79 Å². The molecule has 0 radical (unpaired) electrons. The van der Waals surface area contributed by atoms with E-state index in [0.29, 0.717) is 12.1 Å². The number of aromatic amines is 1. The molecule has 0 atom stereocenters. The fraction of sp³-hybridized carbons (Fsp3) is 0.167. The zero-order chi connectivity index (χ0) is 15.5. The van der Waals surface area contributed by atoms with Crippen LogP contribution in [0.4, 0.5) is 5.69 Å². The van der Waals surface area contributed by atoms with Gasteiger partial charge in [-0.25, -0.2) is 0 Å². The van der Waals surface area contributed by atoms with Gasteiger partial charge in [0.15, 0.2) is 0 Å². The van der Waals surface area contributed by atoms with E-state index in [1.54, 1.807) is 6.07 Å². The highest BCUT2D eigenvalue weighted by Crippen LogP contribution is 2.22. The van der Waals surface area contributed by atoms with Crippen molar-refractivity contribution in [2.24, 2.45) is 0 Å². The number of H-pyrrole nitrogens is 1. The van der Waals surface area contributed by atoms with Crippen molar-refractivity contribution < 1.29 is 9.90 Å². The predicted octanol–water partition coefficient (Wildman–Crippen LogP) is 3.15. The largest absolute Gasteiger partial charge is 0.392 e. The third-order valence-corrected chi connectivity index (χ3v) is 3.74. The molecule has 0 unspecified atom stereocenters. The van der Waals surface area contributed by atoms with Gasteiger partial charge in [0.1, 0.15) is 0 Å². The van der Waals surface area contributed by atoms with Gasteiger partial charge in [0.2, 0.25) is 5.91 Å². The van der Waals surface area contributed by atoms with Crippen molar-refractivity contribution in [1.82, 2.24) is 4.98 Å². The summed E-state index contributed by atoms with van der Waals surface area (Å²) in [6, 6.07) is 13.3. The molecule has 4 heteroatoms. The fourth-order valence-electron chi connectivity index (χ4n) is 2.72. The number of benzene rings is 2. The molecule has 22 heavy (non-hydrogen) atoms. The summed E-state index contributed by atoms with van der Waals surface area (Å²) in [6.07, 6.45) is 2.20. The molecule has 0 bridgehead atoms. The van der Waals surface area contributed by atoms with Crippen LogP contribution in [0.3, 0.4) is 0 Å². The maximum Gasteiger partial charge on any atom is 0.228 e. The van der Waals surface area contributed by atoms with Gasteiger partial charge >= 0.3 is 0 Å². The van der Waals surface area contributed by atoms with Crippen LogP contribution in [0.1, 0.15) is 16.7 Å². The molecule has 3 rings (SSSR count). The first-order valence-corrected chi connectivity index (χ1v) is 7.22. The summed E-state index contributed by atoms with van der Waals surface area (Å²) in [7, 11) is 0. The van der Waals surface area contributed by atoms with E-state index >= 15 is 0 Å². The normalized spacial score (nSPS) is 10.8. The number of aromatic nitrogens is 1. The minimum atomic E-state index is -0.0701. The number of carbonyl (C=O) groups is 1. The number of hydrogen-bond donors (Lipinski definition) is 3. The lowest BCUT2D eigenvalue weighted by molar-refractivity contribution is -0.115. The lowest BCUT2D eigenvalue weighted by Crippen LogP contribution is -2.14. The molecule has 0 saturated carbocycles. The second-order valence-electron chi connectivity index (χ2n) is 5.39. The molecule has 0 fully saturated rings. The van der Waals surface area contributed by atoms with Crippen molar-refractivity contribution in [3.63, 3.8) is 0 Å². The van der Waals surface area contributed by atoms with E-state index < -0.39 is 0 Å². The molecule has 0 spiro atoms. The van der Waals surface area contributed by atoms with Gasteiger partial charge in [-0.05, 0) is 41.8 Å². The average Bonchev–Trinajstić information content (AvgIpc) is 2.91.